The predicted molar refractivity (Wildman–Crippen MR) is 184 cm³/mol. The van der Waals surface area contributed by atoms with E-state index in [2.05, 4.69) is 10.6 Å². The zero-order valence-corrected chi connectivity index (χ0v) is 27.7. The minimum Gasteiger partial charge on any atom is -0.493 e. The van der Waals surface area contributed by atoms with Crippen LogP contribution in [0.25, 0.3) is 0 Å². The van der Waals surface area contributed by atoms with E-state index in [1.54, 1.807) is 11.8 Å². The zero-order chi connectivity index (χ0) is 32.2. The lowest BCUT2D eigenvalue weighted by Crippen LogP contribution is -2.31. The number of anilines is 2. The third-order valence-corrected chi connectivity index (χ3v) is 9.10. The molecule has 1 atom stereocenters. The van der Waals surface area contributed by atoms with Crippen molar-refractivity contribution in [1.29, 1.82) is 0 Å². The van der Waals surface area contributed by atoms with Crippen molar-refractivity contribution < 1.29 is 14.3 Å². The molecule has 0 radical (unpaired) electrons. The van der Waals surface area contributed by atoms with Crippen LogP contribution >= 0.6 is 35.0 Å². The number of para-hydroxylation sites is 1. The van der Waals surface area contributed by atoms with Crippen LogP contribution in [0.4, 0.5) is 11.6 Å². The summed E-state index contributed by atoms with van der Waals surface area (Å²) in [5.74, 6) is 1.96. The van der Waals surface area contributed by atoms with Gasteiger partial charge in [-0.2, -0.15) is 4.98 Å². The molecule has 0 bridgehead atoms. The maximum absolute atomic E-state index is 14.0. The van der Waals surface area contributed by atoms with Gasteiger partial charge < -0.3 is 20.1 Å². The van der Waals surface area contributed by atoms with Gasteiger partial charge in [-0.15, -0.1) is 5.10 Å². The number of nitrogens with zero attached hydrogens (tertiary/aromatic N) is 3. The standard InChI is InChI=1S/C35H31Cl2N5O3S/c1-21-8-4-7-11-28(21)39-33(43)31-22(2)38-34-40-35(46-20-25-9-5-6-10-27(25)37)41-42(34)32(31)24-14-17-29(30(18-24)44-3)45-19-23-12-15-26(36)16-13-23/h4-18,32H,19-20H2,1-3H3,(H,39,43)(H,38,40,41). The van der Waals surface area contributed by atoms with Crippen molar-refractivity contribution in [3.63, 3.8) is 0 Å². The van der Waals surface area contributed by atoms with Gasteiger partial charge in [-0.25, -0.2) is 4.68 Å². The third-order valence-electron chi connectivity index (χ3n) is 7.60. The van der Waals surface area contributed by atoms with Crippen LogP contribution in [-0.4, -0.2) is 27.8 Å². The summed E-state index contributed by atoms with van der Waals surface area (Å²) in [7, 11) is 1.59. The molecule has 234 valence electrons. The molecular formula is C35H31Cl2N5O3S. The molecular weight excluding hydrogens is 641 g/mol. The first-order valence-corrected chi connectivity index (χ1v) is 16.3. The van der Waals surface area contributed by atoms with E-state index in [0.29, 0.717) is 56.3 Å². The number of amides is 1. The molecule has 0 spiro atoms. The number of nitrogens with one attached hydrogen (secondary N) is 2. The topological polar surface area (TPSA) is 90.3 Å². The summed E-state index contributed by atoms with van der Waals surface area (Å²) in [5.41, 5.74) is 5.59. The number of methoxy groups -OCH3 is 1. The van der Waals surface area contributed by atoms with Gasteiger partial charge in [0, 0.05) is 27.2 Å². The quantitative estimate of drug-likeness (QED) is 0.144. The lowest BCUT2D eigenvalue weighted by molar-refractivity contribution is -0.113. The summed E-state index contributed by atoms with van der Waals surface area (Å²) in [4.78, 5) is 18.8. The van der Waals surface area contributed by atoms with Crippen LogP contribution in [0, 0.1) is 6.92 Å². The van der Waals surface area contributed by atoms with Crippen LogP contribution in [0.5, 0.6) is 11.5 Å². The summed E-state index contributed by atoms with van der Waals surface area (Å²) in [6.45, 7) is 4.16. The zero-order valence-electron chi connectivity index (χ0n) is 25.4. The maximum atomic E-state index is 14.0. The number of fused-ring (bicyclic) bond motifs is 1. The van der Waals surface area contributed by atoms with Crippen molar-refractivity contribution in [1.82, 2.24) is 14.8 Å². The van der Waals surface area contributed by atoms with Gasteiger partial charge in [-0.05, 0) is 72.5 Å². The number of halogens is 2. The average Bonchev–Trinajstić information content (AvgIpc) is 3.46. The molecule has 5 aromatic rings. The number of thioether (sulfide) groups is 1. The van der Waals surface area contributed by atoms with Gasteiger partial charge in [0.2, 0.25) is 11.1 Å². The summed E-state index contributed by atoms with van der Waals surface area (Å²) >= 11 is 13.9. The molecule has 4 aromatic carbocycles. The number of allylic oxidation sites excluding steroid dienone is 1. The van der Waals surface area contributed by atoms with E-state index in [1.165, 1.54) is 11.8 Å². The number of hydrogen-bond donors (Lipinski definition) is 2. The Hall–Kier alpha value is -4.44. The van der Waals surface area contributed by atoms with Crippen molar-refractivity contribution in [3.05, 3.63) is 135 Å². The molecule has 6 rings (SSSR count). The number of aryl methyl sites for hydroxylation is 1. The molecule has 1 amide bonds. The molecule has 1 aliphatic heterocycles. The number of benzene rings is 4. The van der Waals surface area contributed by atoms with Crippen molar-refractivity contribution in [2.24, 2.45) is 0 Å². The minimum absolute atomic E-state index is 0.252. The van der Waals surface area contributed by atoms with Crippen molar-refractivity contribution in [2.75, 3.05) is 17.7 Å². The SMILES string of the molecule is COc1cc(C2C(C(=O)Nc3ccccc3C)=C(C)Nc3nc(SCc4ccccc4Cl)nn32)ccc1OCc1ccc(Cl)cc1. The lowest BCUT2D eigenvalue weighted by Gasteiger charge is -2.29. The van der Waals surface area contributed by atoms with Crippen LogP contribution in [0.2, 0.25) is 10.0 Å². The highest BCUT2D eigenvalue weighted by atomic mass is 35.5. The van der Waals surface area contributed by atoms with E-state index >= 15 is 0 Å². The van der Waals surface area contributed by atoms with Gasteiger partial charge in [0.1, 0.15) is 12.6 Å². The number of carbonyl (C=O) groups is 1. The molecule has 2 heterocycles. The highest BCUT2D eigenvalue weighted by Gasteiger charge is 2.35. The van der Waals surface area contributed by atoms with Crippen LogP contribution in [0.3, 0.4) is 0 Å². The Labute approximate surface area is 281 Å². The molecule has 1 aliphatic rings. The van der Waals surface area contributed by atoms with Crippen LogP contribution in [0.15, 0.2) is 107 Å². The molecule has 1 aromatic heterocycles. The van der Waals surface area contributed by atoms with Crippen molar-refractivity contribution in [2.45, 2.75) is 37.4 Å². The van der Waals surface area contributed by atoms with E-state index in [9.17, 15) is 4.79 Å². The smallest absolute Gasteiger partial charge is 0.255 e. The van der Waals surface area contributed by atoms with Gasteiger partial charge in [0.05, 0.1) is 12.7 Å². The minimum atomic E-state index is -0.610. The Balaban J connectivity index is 1.35. The molecule has 1 unspecified atom stereocenters. The third kappa shape index (κ3) is 6.87. The van der Waals surface area contributed by atoms with Crippen LogP contribution < -0.4 is 20.1 Å². The summed E-state index contributed by atoms with van der Waals surface area (Å²) in [6, 6.07) is 27.9. The fourth-order valence-electron chi connectivity index (χ4n) is 5.17. The summed E-state index contributed by atoms with van der Waals surface area (Å²) in [5, 5.41) is 13.2. The number of aromatic nitrogens is 3. The number of rotatable bonds is 10. The second kappa shape index (κ2) is 13.9. The fraction of sp³-hybridized carbons (Fsp3) is 0.171. The second-order valence-corrected chi connectivity index (χ2v) is 12.5. The molecule has 0 aliphatic carbocycles. The first kappa shape index (κ1) is 31.5. The highest BCUT2D eigenvalue weighted by molar-refractivity contribution is 7.98. The highest BCUT2D eigenvalue weighted by Crippen LogP contribution is 2.40. The first-order chi connectivity index (χ1) is 22.3. The van der Waals surface area contributed by atoms with Crippen molar-refractivity contribution >= 4 is 52.5 Å². The van der Waals surface area contributed by atoms with E-state index in [4.69, 9.17) is 42.8 Å². The van der Waals surface area contributed by atoms with Gasteiger partial charge in [0.15, 0.2) is 11.5 Å². The van der Waals surface area contributed by atoms with E-state index in [-0.39, 0.29) is 5.91 Å². The second-order valence-electron chi connectivity index (χ2n) is 10.7. The van der Waals surface area contributed by atoms with Gasteiger partial charge in [-0.3, -0.25) is 4.79 Å². The van der Waals surface area contributed by atoms with Gasteiger partial charge >= 0.3 is 0 Å². The summed E-state index contributed by atoms with van der Waals surface area (Å²) < 4.78 is 13.6. The normalized spacial score (nSPS) is 14.0. The number of carbonyl (C=O) groups excluding carboxylic acids is 1. The predicted octanol–water partition coefficient (Wildman–Crippen LogP) is 8.70. The summed E-state index contributed by atoms with van der Waals surface area (Å²) in [6.07, 6.45) is 0. The molecule has 8 nitrogen and oxygen atoms in total. The van der Waals surface area contributed by atoms with Crippen LogP contribution in [0.1, 0.15) is 35.2 Å². The Kier molecular flexibility index (Phi) is 9.53. The Morgan fingerprint density at radius 3 is 2.50 bits per heavy atom. The Bertz CT molecular complexity index is 1930. The Morgan fingerprint density at radius 1 is 0.978 bits per heavy atom. The molecule has 11 heteroatoms. The van der Waals surface area contributed by atoms with Crippen LogP contribution in [-0.2, 0) is 17.2 Å². The number of hydrogen-bond acceptors (Lipinski definition) is 7. The largest absolute Gasteiger partial charge is 0.493 e. The average molecular weight is 673 g/mol. The molecule has 2 N–H and O–H groups in total. The van der Waals surface area contributed by atoms with E-state index in [0.717, 1.165) is 27.9 Å². The first-order valence-electron chi connectivity index (χ1n) is 14.5. The maximum Gasteiger partial charge on any atom is 0.255 e. The number of ether oxygens (including phenoxy) is 2. The molecule has 0 fully saturated rings. The molecule has 0 saturated carbocycles. The Morgan fingerprint density at radius 2 is 1.74 bits per heavy atom. The van der Waals surface area contributed by atoms with Gasteiger partial charge in [-0.1, -0.05) is 89.6 Å². The molecule has 0 saturated heterocycles. The monoisotopic (exact) mass is 671 g/mol. The van der Waals surface area contributed by atoms with Gasteiger partial charge in [0.25, 0.3) is 5.91 Å². The van der Waals surface area contributed by atoms with E-state index in [1.807, 2.05) is 105 Å². The fourth-order valence-corrected chi connectivity index (χ4v) is 6.41. The van der Waals surface area contributed by atoms with E-state index < -0.39 is 6.04 Å². The lowest BCUT2D eigenvalue weighted by atomic mass is 9.94. The van der Waals surface area contributed by atoms with Crippen molar-refractivity contribution in [3.8, 4) is 11.5 Å². The molecule has 46 heavy (non-hydrogen) atoms.